The quantitative estimate of drug-likeness (QED) is 0.167. The molecule has 1 saturated heterocycles. The Bertz CT molecular complexity index is 1760. The number of benzene rings is 3. The van der Waals surface area contributed by atoms with Crippen LogP contribution in [-0.2, 0) is 4.74 Å². The highest BCUT2D eigenvalue weighted by Crippen LogP contribution is 2.60. The Morgan fingerprint density at radius 3 is 2.44 bits per heavy atom. The van der Waals surface area contributed by atoms with Gasteiger partial charge in [-0.25, -0.2) is 13.2 Å². The lowest BCUT2D eigenvalue weighted by atomic mass is 9.95. The maximum Gasteiger partial charge on any atom is 0.319 e. The van der Waals surface area contributed by atoms with Crippen LogP contribution in [0.2, 0.25) is 5.02 Å². The number of halogens is 4. The van der Waals surface area contributed by atoms with Gasteiger partial charge < -0.3 is 24.0 Å². The van der Waals surface area contributed by atoms with E-state index in [9.17, 15) is 8.78 Å². The van der Waals surface area contributed by atoms with Crippen LogP contribution >= 0.6 is 11.6 Å². The highest BCUT2D eigenvalue weighted by Gasteiger charge is 2.71. The summed E-state index contributed by atoms with van der Waals surface area (Å²) in [6, 6.07) is 12.8. The second-order valence-electron chi connectivity index (χ2n) is 13.2. The molecule has 7 rings (SSSR count). The topological polar surface area (TPSA) is 60.0 Å². The largest absolute Gasteiger partial charge is 0.468 e. The fourth-order valence-corrected chi connectivity index (χ4v) is 7.65. The Morgan fingerprint density at radius 2 is 1.76 bits per heavy atom. The SMILES string of the molecule is COCOc1cc(-c2c(Cl)cc3c(N4CC5CCC(C5)C4)nc(OC[C@@]4(CN(C)C)CC4(F)F)nc3c2F)c2ccccc2c1. The minimum absolute atomic E-state index is 0.0230. The molecule has 2 heterocycles. The molecule has 0 spiro atoms. The molecule has 2 aliphatic carbocycles. The smallest absolute Gasteiger partial charge is 0.319 e. The highest BCUT2D eigenvalue weighted by molar-refractivity contribution is 6.35. The Labute approximate surface area is 265 Å². The minimum atomic E-state index is -2.86. The lowest BCUT2D eigenvalue weighted by Gasteiger charge is -2.33. The van der Waals surface area contributed by atoms with E-state index >= 15 is 4.39 Å². The van der Waals surface area contributed by atoms with Gasteiger partial charge in [-0.2, -0.15) is 9.97 Å². The van der Waals surface area contributed by atoms with E-state index in [-0.39, 0.29) is 48.5 Å². The fraction of sp³-hybridized carbons (Fsp3) is 0.471. The number of piperidine rings is 1. The number of fused-ring (bicyclic) bond motifs is 4. The molecule has 238 valence electrons. The second-order valence-corrected chi connectivity index (χ2v) is 13.6. The fourth-order valence-electron chi connectivity index (χ4n) is 7.36. The van der Waals surface area contributed by atoms with Crippen molar-refractivity contribution < 1.29 is 27.4 Å². The van der Waals surface area contributed by atoms with Gasteiger partial charge in [-0.15, -0.1) is 0 Å². The van der Waals surface area contributed by atoms with Gasteiger partial charge in [0.2, 0.25) is 0 Å². The number of methoxy groups -OCH3 is 1. The van der Waals surface area contributed by atoms with Gasteiger partial charge in [0.15, 0.2) is 12.6 Å². The van der Waals surface area contributed by atoms with E-state index in [4.69, 9.17) is 30.8 Å². The van der Waals surface area contributed by atoms with Gasteiger partial charge in [0.25, 0.3) is 5.92 Å². The van der Waals surface area contributed by atoms with Gasteiger partial charge in [-0.05, 0) is 79.7 Å². The first kappa shape index (κ1) is 30.3. The van der Waals surface area contributed by atoms with Crippen LogP contribution in [0.25, 0.3) is 32.8 Å². The third-order valence-corrected chi connectivity index (χ3v) is 9.80. The lowest BCUT2D eigenvalue weighted by molar-refractivity contribution is 0.0288. The Hall–Kier alpha value is -3.34. The molecule has 2 unspecified atom stereocenters. The molecule has 45 heavy (non-hydrogen) atoms. The molecular formula is C34H36ClF3N4O3. The van der Waals surface area contributed by atoms with Crippen LogP contribution in [0, 0.1) is 23.1 Å². The third-order valence-electron chi connectivity index (χ3n) is 9.50. The zero-order chi connectivity index (χ0) is 31.5. The van der Waals surface area contributed by atoms with Crippen molar-refractivity contribution in [2.45, 2.75) is 31.6 Å². The molecule has 0 N–H and O–H groups in total. The molecule has 2 bridgehead atoms. The second kappa shape index (κ2) is 11.5. The molecule has 3 atom stereocenters. The number of hydrogen-bond donors (Lipinski definition) is 0. The van der Waals surface area contributed by atoms with E-state index < -0.39 is 17.2 Å². The van der Waals surface area contributed by atoms with Gasteiger partial charge in [0, 0.05) is 44.1 Å². The lowest BCUT2D eigenvalue weighted by Crippen LogP contribution is -2.37. The van der Waals surface area contributed by atoms with Gasteiger partial charge in [0.05, 0.1) is 10.4 Å². The standard InChI is InChI=1S/C34H36ClF3N4O3/c1-41(2)17-33(16-34(33,37)38)18-44-32-39-30-26(31(40-32)42-14-20-8-9-21(10-20)15-42)13-27(35)28(29(30)36)25-12-23(45-19-43-3)11-22-6-4-5-7-24(22)25/h4-7,11-13,20-21H,8-10,14-19H2,1-3H3/t20?,21?,33-/m0/s1. The summed E-state index contributed by atoms with van der Waals surface area (Å²) in [4.78, 5) is 13.1. The van der Waals surface area contributed by atoms with E-state index in [1.54, 1.807) is 31.1 Å². The number of rotatable bonds is 10. The molecule has 11 heteroatoms. The first-order valence-corrected chi connectivity index (χ1v) is 15.7. The molecule has 1 aromatic heterocycles. The van der Waals surface area contributed by atoms with Crippen LogP contribution in [0.1, 0.15) is 25.7 Å². The number of anilines is 1. The average molecular weight is 641 g/mol. The van der Waals surface area contributed by atoms with Crippen LogP contribution in [-0.4, -0.2) is 75.0 Å². The van der Waals surface area contributed by atoms with Crippen molar-refractivity contribution in [3.05, 3.63) is 53.3 Å². The minimum Gasteiger partial charge on any atom is -0.468 e. The summed E-state index contributed by atoms with van der Waals surface area (Å²) in [6.07, 6.45) is 3.17. The van der Waals surface area contributed by atoms with Crippen LogP contribution in [0.5, 0.6) is 11.8 Å². The summed E-state index contributed by atoms with van der Waals surface area (Å²) in [6.45, 7) is 1.44. The van der Waals surface area contributed by atoms with Crippen LogP contribution in [0.15, 0.2) is 42.5 Å². The monoisotopic (exact) mass is 640 g/mol. The highest BCUT2D eigenvalue weighted by atomic mass is 35.5. The van der Waals surface area contributed by atoms with Crippen molar-refractivity contribution in [2.75, 3.05) is 59.1 Å². The molecule has 1 aliphatic heterocycles. The summed E-state index contributed by atoms with van der Waals surface area (Å²) < 4.78 is 62.9. The summed E-state index contributed by atoms with van der Waals surface area (Å²) in [5, 5.41) is 2.28. The molecule has 2 saturated carbocycles. The predicted octanol–water partition coefficient (Wildman–Crippen LogP) is 7.43. The molecule has 7 nitrogen and oxygen atoms in total. The molecular weight excluding hydrogens is 605 g/mol. The number of hydrogen-bond acceptors (Lipinski definition) is 7. The number of alkyl halides is 2. The van der Waals surface area contributed by atoms with Gasteiger partial charge in [0.1, 0.15) is 23.7 Å². The average Bonchev–Trinajstić information content (AvgIpc) is 3.37. The van der Waals surface area contributed by atoms with Crippen molar-refractivity contribution in [1.29, 1.82) is 0 Å². The molecule has 3 aromatic carbocycles. The van der Waals surface area contributed by atoms with Crippen LogP contribution in [0.3, 0.4) is 0 Å². The summed E-state index contributed by atoms with van der Waals surface area (Å²) in [5.41, 5.74) is -0.617. The zero-order valence-corrected chi connectivity index (χ0v) is 26.3. The first-order chi connectivity index (χ1) is 21.6. The molecule has 0 amide bonds. The van der Waals surface area contributed by atoms with Crippen molar-refractivity contribution in [2.24, 2.45) is 17.3 Å². The molecule has 0 radical (unpaired) electrons. The predicted molar refractivity (Wildman–Crippen MR) is 169 cm³/mol. The van der Waals surface area contributed by atoms with Gasteiger partial charge in [-0.3, -0.25) is 0 Å². The van der Waals surface area contributed by atoms with Gasteiger partial charge in [-0.1, -0.05) is 35.9 Å². The van der Waals surface area contributed by atoms with E-state index in [0.29, 0.717) is 34.4 Å². The third kappa shape index (κ3) is 5.55. The summed E-state index contributed by atoms with van der Waals surface area (Å²) in [5.74, 6) is -1.44. The van der Waals surface area contributed by atoms with E-state index in [1.807, 2.05) is 30.3 Å². The van der Waals surface area contributed by atoms with Crippen molar-refractivity contribution in [3.8, 4) is 22.9 Å². The Kier molecular flexibility index (Phi) is 7.73. The maximum atomic E-state index is 17.0. The normalized spacial score (nSPS) is 23.7. The first-order valence-electron chi connectivity index (χ1n) is 15.3. The van der Waals surface area contributed by atoms with E-state index in [2.05, 4.69) is 9.88 Å². The summed E-state index contributed by atoms with van der Waals surface area (Å²) in [7, 11) is 5.04. The van der Waals surface area contributed by atoms with Crippen molar-refractivity contribution in [3.63, 3.8) is 0 Å². The maximum absolute atomic E-state index is 17.0. The molecule has 4 aromatic rings. The van der Waals surface area contributed by atoms with E-state index in [1.165, 1.54) is 13.5 Å². The van der Waals surface area contributed by atoms with E-state index in [0.717, 1.165) is 36.7 Å². The molecule has 3 aliphatic rings. The molecule has 3 fully saturated rings. The number of aromatic nitrogens is 2. The van der Waals surface area contributed by atoms with Crippen molar-refractivity contribution >= 4 is 39.1 Å². The van der Waals surface area contributed by atoms with Crippen LogP contribution in [0.4, 0.5) is 19.0 Å². The van der Waals surface area contributed by atoms with Crippen LogP contribution < -0.4 is 14.4 Å². The number of ether oxygens (including phenoxy) is 3. The zero-order valence-electron chi connectivity index (χ0n) is 25.6. The Balaban J connectivity index is 1.37. The summed E-state index contributed by atoms with van der Waals surface area (Å²) >= 11 is 6.93. The number of nitrogens with zero attached hydrogens (tertiary/aromatic N) is 4. The Morgan fingerprint density at radius 1 is 1.02 bits per heavy atom. The van der Waals surface area contributed by atoms with Gasteiger partial charge >= 0.3 is 6.01 Å². The van der Waals surface area contributed by atoms with Crippen molar-refractivity contribution in [1.82, 2.24) is 14.9 Å².